The summed E-state index contributed by atoms with van der Waals surface area (Å²) >= 11 is 1.21. The van der Waals surface area contributed by atoms with Gasteiger partial charge in [0.1, 0.15) is 6.33 Å². The van der Waals surface area contributed by atoms with Crippen molar-refractivity contribution < 1.29 is 14.3 Å². The van der Waals surface area contributed by atoms with Gasteiger partial charge in [-0.3, -0.25) is 4.79 Å². The minimum Gasteiger partial charge on any atom is -0.465 e. The Morgan fingerprint density at radius 1 is 1.12 bits per heavy atom. The van der Waals surface area contributed by atoms with Gasteiger partial charge >= 0.3 is 5.97 Å². The van der Waals surface area contributed by atoms with Crippen LogP contribution in [0.5, 0.6) is 0 Å². The molecule has 1 amide bonds. The summed E-state index contributed by atoms with van der Waals surface area (Å²) < 4.78 is 6.36. The second-order valence-electron chi connectivity index (χ2n) is 5.18. The van der Waals surface area contributed by atoms with E-state index >= 15 is 0 Å². The summed E-state index contributed by atoms with van der Waals surface area (Å²) in [4.78, 5) is 28.1. The van der Waals surface area contributed by atoms with E-state index in [9.17, 15) is 9.59 Å². The highest BCUT2D eigenvalue weighted by Crippen LogP contribution is 2.18. The Balaban J connectivity index is 1.60. The Morgan fingerprint density at radius 3 is 2.62 bits per heavy atom. The summed E-state index contributed by atoms with van der Waals surface area (Å²) in [6, 6.07) is 16.3. The van der Waals surface area contributed by atoms with Crippen LogP contribution in [-0.4, -0.2) is 39.5 Å². The van der Waals surface area contributed by atoms with E-state index < -0.39 is 5.97 Å². The fourth-order valence-electron chi connectivity index (χ4n) is 2.22. The van der Waals surface area contributed by atoms with Crippen LogP contribution in [0, 0.1) is 0 Å². The van der Waals surface area contributed by atoms with Crippen molar-refractivity contribution in [3.8, 4) is 5.69 Å². The zero-order valence-electron chi connectivity index (χ0n) is 14.0. The molecule has 1 heterocycles. The van der Waals surface area contributed by atoms with E-state index in [-0.39, 0.29) is 11.7 Å². The van der Waals surface area contributed by atoms with E-state index in [4.69, 9.17) is 4.74 Å². The van der Waals surface area contributed by atoms with Crippen LogP contribution < -0.4 is 5.32 Å². The predicted molar refractivity (Wildman–Crippen MR) is 98.5 cm³/mol. The number of aromatic nitrogens is 3. The van der Waals surface area contributed by atoms with E-state index in [2.05, 4.69) is 15.4 Å². The van der Waals surface area contributed by atoms with Crippen LogP contribution in [0.25, 0.3) is 5.69 Å². The van der Waals surface area contributed by atoms with Gasteiger partial charge in [-0.2, -0.15) is 0 Å². The molecule has 0 bridgehead atoms. The molecule has 26 heavy (non-hydrogen) atoms. The van der Waals surface area contributed by atoms with Gasteiger partial charge < -0.3 is 10.1 Å². The van der Waals surface area contributed by atoms with E-state index in [0.29, 0.717) is 16.4 Å². The summed E-state index contributed by atoms with van der Waals surface area (Å²) in [5.74, 6) is -0.645. The van der Waals surface area contributed by atoms with Crippen molar-refractivity contribution in [2.45, 2.75) is 5.16 Å². The van der Waals surface area contributed by atoms with Gasteiger partial charge in [-0.05, 0) is 24.3 Å². The molecule has 0 radical (unpaired) electrons. The molecule has 0 aliphatic heterocycles. The zero-order valence-corrected chi connectivity index (χ0v) is 14.8. The van der Waals surface area contributed by atoms with Crippen molar-refractivity contribution >= 4 is 29.3 Å². The Bertz CT molecular complexity index is 912. The number of hydrogen-bond donors (Lipinski definition) is 1. The molecule has 3 aromatic rings. The number of ether oxygens (including phenoxy) is 1. The molecule has 1 aromatic heterocycles. The van der Waals surface area contributed by atoms with Crippen LogP contribution in [0.3, 0.4) is 0 Å². The molecule has 0 spiro atoms. The lowest BCUT2D eigenvalue weighted by Gasteiger charge is -2.08. The molecule has 2 aromatic carbocycles. The molecule has 1 N–H and O–H groups in total. The number of para-hydroxylation sites is 2. The molecule has 3 rings (SSSR count). The maximum atomic E-state index is 12.2. The van der Waals surface area contributed by atoms with Gasteiger partial charge in [0.15, 0.2) is 0 Å². The predicted octanol–water partition coefficient (Wildman–Crippen LogP) is 2.78. The van der Waals surface area contributed by atoms with Gasteiger partial charge in [-0.25, -0.2) is 14.5 Å². The minimum absolute atomic E-state index is 0.119. The van der Waals surface area contributed by atoms with Crippen molar-refractivity contribution in [2.75, 3.05) is 18.2 Å². The average Bonchev–Trinajstić information content (AvgIpc) is 3.16. The SMILES string of the molecule is COC(=O)c1ccccc1NC(=O)CSc1ncn(-c2ccccc2)n1. The number of methoxy groups -OCH3 is 1. The maximum absolute atomic E-state index is 12.2. The number of thioether (sulfide) groups is 1. The maximum Gasteiger partial charge on any atom is 0.339 e. The van der Waals surface area contributed by atoms with Crippen molar-refractivity contribution in [3.63, 3.8) is 0 Å². The number of nitrogens with one attached hydrogen (secondary N) is 1. The van der Waals surface area contributed by atoms with Gasteiger partial charge in [0.25, 0.3) is 0 Å². The highest BCUT2D eigenvalue weighted by molar-refractivity contribution is 7.99. The fraction of sp³-hybridized carbons (Fsp3) is 0.111. The molecule has 0 aliphatic carbocycles. The van der Waals surface area contributed by atoms with Gasteiger partial charge in [0, 0.05) is 0 Å². The number of carbonyl (C=O) groups excluding carboxylic acids is 2. The van der Waals surface area contributed by atoms with Crippen LogP contribution in [-0.2, 0) is 9.53 Å². The first-order chi connectivity index (χ1) is 12.7. The summed E-state index contributed by atoms with van der Waals surface area (Å²) in [6.07, 6.45) is 1.60. The van der Waals surface area contributed by atoms with E-state index in [1.165, 1.54) is 18.9 Å². The summed E-state index contributed by atoms with van der Waals surface area (Å²) in [5, 5.41) is 7.54. The molecule has 0 unspecified atom stereocenters. The molecule has 0 saturated heterocycles. The van der Waals surface area contributed by atoms with Crippen LogP contribution in [0.1, 0.15) is 10.4 Å². The smallest absolute Gasteiger partial charge is 0.339 e. The molecule has 7 nitrogen and oxygen atoms in total. The molecular weight excluding hydrogens is 352 g/mol. The standard InChI is InChI=1S/C18H16N4O3S/c1-25-17(24)14-9-5-6-10-15(14)20-16(23)11-26-18-19-12-22(21-18)13-7-3-2-4-8-13/h2-10,12H,11H2,1H3,(H,20,23). The summed E-state index contributed by atoms with van der Waals surface area (Å²) in [7, 11) is 1.30. The second kappa shape index (κ2) is 8.30. The third-order valence-corrected chi connectivity index (χ3v) is 4.28. The van der Waals surface area contributed by atoms with Gasteiger partial charge in [0.05, 0.1) is 29.8 Å². The highest BCUT2D eigenvalue weighted by atomic mass is 32.2. The van der Waals surface area contributed by atoms with Crippen LogP contribution in [0.4, 0.5) is 5.69 Å². The van der Waals surface area contributed by atoms with Gasteiger partial charge in [0.2, 0.25) is 11.1 Å². The molecule has 0 saturated carbocycles. The molecule has 0 atom stereocenters. The third-order valence-electron chi connectivity index (χ3n) is 3.43. The number of rotatable bonds is 6. The number of benzene rings is 2. The lowest BCUT2D eigenvalue weighted by Crippen LogP contribution is -2.17. The van der Waals surface area contributed by atoms with Crippen molar-refractivity contribution in [3.05, 3.63) is 66.5 Å². The van der Waals surface area contributed by atoms with Crippen molar-refractivity contribution in [1.29, 1.82) is 0 Å². The summed E-state index contributed by atoms with van der Waals surface area (Å²) in [5.41, 5.74) is 1.61. The number of carbonyl (C=O) groups is 2. The van der Waals surface area contributed by atoms with Gasteiger partial charge in [-0.1, -0.05) is 42.1 Å². The number of amides is 1. The third kappa shape index (κ3) is 4.28. The number of hydrogen-bond acceptors (Lipinski definition) is 6. The Labute approximate surface area is 154 Å². The van der Waals surface area contributed by atoms with Crippen LogP contribution >= 0.6 is 11.8 Å². The van der Waals surface area contributed by atoms with Crippen LogP contribution in [0.2, 0.25) is 0 Å². The summed E-state index contributed by atoms with van der Waals surface area (Å²) in [6.45, 7) is 0. The number of anilines is 1. The lowest BCUT2D eigenvalue weighted by molar-refractivity contribution is -0.113. The average molecular weight is 368 g/mol. The normalized spacial score (nSPS) is 10.3. The first-order valence-corrected chi connectivity index (χ1v) is 8.73. The molecule has 132 valence electrons. The number of nitrogens with zero attached hydrogens (tertiary/aromatic N) is 3. The first kappa shape index (κ1) is 17.7. The van der Waals surface area contributed by atoms with Crippen molar-refractivity contribution in [2.24, 2.45) is 0 Å². The van der Waals surface area contributed by atoms with Crippen LogP contribution in [0.15, 0.2) is 66.1 Å². The molecule has 0 fully saturated rings. The van der Waals surface area contributed by atoms with E-state index in [1.807, 2.05) is 30.3 Å². The lowest BCUT2D eigenvalue weighted by atomic mass is 10.2. The molecule has 0 aliphatic rings. The van der Waals surface area contributed by atoms with E-state index in [1.54, 1.807) is 35.3 Å². The van der Waals surface area contributed by atoms with Crippen molar-refractivity contribution in [1.82, 2.24) is 14.8 Å². The topological polar surface area (TPSA) is 86.1 Å². The Morgan fingerprint density at radius 2 is 1.85 bits per heavy atom. The fourth-order valence-corrected chi connectivity index (χ4v) is 2.82. The Kier molecular flexibility index (Phi) is 5.65. The monoisotopic (exact) mass is 368 g/mol. The van der Waals surface area contributed by atoms with E-state index in [0.717, 1.165) is 5.69 Å². The molecule has 8 heteroatoms. The first-order valence-electron chi connectivity index (χ1n) is 7.74. The zero-order chi connectivity index (χ0) is 18.4. The molecular formula is C18H16N4O3S. The van der Waals surface area contributed by atoms with Gasteiger partial charge in [-0.15, -0.1) is 5.10 Å². The largest absolute Gasteiger partial charge is 0.465 e. The highest BCUT2D eigenvalue weighted by Gasteiger charge is 2.14. The minimum atomic E-state index is -0.503. The number of esters is 1. The Hall–Kier alpha value is -3.13. The quantitative estimate of drug-likeness (QED) is 0.532. The second-order valence-corrected chi connectivity index (χ2v) is 6.12.